The van der Waals surface area contributed by atoms with E-state index in [-0.39, 0.29) is 0 Å². The molecule has 9 heteroatoms. The fraction of sp³-hybridized carbons (Fsp3) is 0.222. The van der Waals surface area contributed by atoms with Crippen LogP contribution in [0.15, 0.2) is 43.3 Å². The number of nitrogens with one attached hydrogen (secondary N) is 2. The topological polar surface area (TPSA) is 85.0 Å². The normalized spacial score (nSPS) is 14.2. The predicted octanol–water partition coefficient (Wildman–Crippen LogP) is 3.05. The van der Waals surface area contributed by atoms with E-state index in [1.165, 1.54) is 17.1 Å². The minimum atomic E-state index is 0.707. The molecule has 0 amide bonds. The van der Waals surface area contributed by atoms with Crippen LogP contribution in [0.25, 0.3) is 22.5 Å². The number of fused-ring (bicyclic) bond motifs is 1. The zero-order chi connectivity index (χ0) is 18.2. The van der Waals surface area contributed by atoms with Crippen molar-refractivity contribution >= 4 is 33.6 Å². The van der Waals surface area contributed by atoms with Gasteiger partial charge >= 0.3 is 0 Å². The van der Waals surface area contributed by atoms with Crippen LogP contribution in [0.4, 0.5) is 10.8 Å². The van der Waals surface area contributed by atoms with Crippen LogP contribution in [0.2, 0.25) is 0 Å². The first kappa shape index (κ1) is 16.0. The van der Waals surface area contributed by atoms with Crippen LogP contribution < -0.4 is 10.6 Å². The summed E-state index contributed by atoms with van der Waals surface area (Å²) in [4.78, 5) is 9.03. The summed E-state index contributed by atoms with van der Waals surface area (Å²) in [5.41, 5.74) is 5.02. The highest BCUT2D eigenvalue weighted by molar-refractivity contribution is 7.10. The third-order valence-electron chi connectivity index (χ3n) is 4.55. The number of anilines is 2. The van der Waals surface area contributed by atoms with Gasteiger partial charge in [-0.1, -0.05) is 0 Å². The van der Waals surface area contributed by atoms with E-state index in [0.717, 1.165) is 47.0 Å². The highest BCUT2D eigenvalue weighted by Gasteiger charge is 2.14. The Morgan fingerprint density at radius 3 is 3.04 bits per heavy atom. The largest absolute Gasteiger partial charge is 0.391 e. The van der Waals surface area contributed by atoms with Gasteiger partial charge in [0.25, 0.3) is 0 Å². The molecular formula is C18H18N8S. The van der Waals surface area contributed by atoms with Gasteiger partial charge in [0.15, 0.2) is 11.5 Å². The molecule has 4 aromatic rings. The fourth-order valence-electron chi connectivity index (χ4n) is 3.23. The maximum Gasteiger partial charge on any atom is 0.180 e. The van der Waals surface area contributed by atoms with E-state index < -0.39 is 0 Å². The van der Waals surface area contributed by atoms with E-state index in [1.807, 2.05) is 36.2 Å². The van der Waals surface area contributed by atoms with Crippen LogP contribution in [0, 0.1) is 0 Å². The Kier molecular flexibility index (Phi) is 3.86. The summed E-state index contributed by atoms with van der Waals surface area (Å²) in [6.07, 6.45) is 13.6. The number of aromatic nitrogens is 6. The SMILES string of the molecule is Cn1cc(-c2cnc3c(Nc4cc(C5=CNCCC5)ns4)nccn23)cn1. The van der Waals surface area contributed by atoms with Crippen molar-refractivity contribution in [3.8, 4) is 11.3 Å². The molecule has 0 aromatic carbocycles. The van der Waals surface area contributed by atoms with Gasteiger partial charge in [0.05, 0.1) is 23.8 Å². The van der Waals surface area contributed by atoms with Gasteiger partial charge < -0.3 is 10.6 Å². The molecule has 2 N–H and O–H groups in total. The predicted molar refractivity (Wildman–Crippen MR) is 106 cm³/mol. The Labute approximate surface area is 159 Å². The second-order valence-corrected chi connectivity index (χ2v) is 7.25. The molecule has 4 aromatic heterocycles. The van der Waals surface area contributed by atoms with E-state index in [2.05, 4.69) is 42.3 Å². The van der Waals surface area contributed by atoms with Gasteiger partial charge in [-0.15, -0.1) is 0 Å². The zero-order valence-corrected chi connectivity index (χ0v) is 15.6. The molecule has 5 heterocycles. The van der Waals surface area contributed by atoms with Gasteiger partial charge in [0.2, 0.25) is 0 Å². The first-order valence-corrected chi connectivity index (χ1v) is 9.53. The summed E-state index contributed by atoms with van der Waals surface area (Å²) in [5, 5.41) is 11.8. The van der Waals surface area contributed by atoms with Gasteiger partial charge in [0.1, 0.15) is 5.00 Å². The lowest BCUT2D eigenvalue weighted by molar-refractivity contribution is 0.738. The molecule has 0 saturated carbocycles. The molecule has 136 valence electrons. The smallest absolute Gasteiger partial charge is 0.180 e. The molecule has 0 radical (unpaired) electrons. The van der Waals surface area contributed by atoms with E-state index in [0.29, 0.717) is 5.82 Å². The van der Waals surface area contributed by atoms with E-state index in [1.54, 1.807) is 10.9 Å². The monoisotopic (exact) mass is 378 g/mol. The third-order valence-corrected chi connectivity index (χ3v) is 5.26. The van der Waals surface area contributed by atoms with Crippen molar-refractivity contribution in [1.82, 2.24) is 33.8 Å². The van der Waals surface area contributed by atoms with Crippen LogP contribution in [-0.4, -0.2) is 35.1 Å². The summed E-state index contributed by atoms with van der Waals surface area (Å²) < 4.78 is 8.37. The molecule has 0 aliphatic carbocycles. The Hall–Kier alpha value is -3.20. The number of nitrogens with zero attached hydrogens (tertiary/aromatic N) is 6. The number of aryl methyl sites for hydroxylation is 1. The van der Waals surface area contributed by atoms with Gasteiger partial charge in [-0.3, -0.25) is 9.08 Å². The lowest BCUT2D eigenvalue weighted by Gasteiger charge is -2.11. The van der Waals surface area contributed by atoms with Crippen LogP contribution >= 0.6 is 11.5 Å². The van der Waals surface area contributed by atoms with Crippen molar-refractivity contribution in [3.05, 3.63) is 48.9 Å². The molecule has 0 bridgehead atoms. The number of allylic oxidation sites excluding steroid dienone is 1. The first-order chi connectivity index (χ1) is 13.3. The second kappa shape index (κ2) is 6.51. The highest BCUT2D eigenvalue weighted by Crippen LogP contribution is 2.29. The van der Waals surface area contributed by atoms with E-state index in [9.17, 15) is 0 Å². The molecule has 27 heavy (non-hydrogen) atoms. The van der Waals surface area contributed by atoms with Crippen molar-refractivity contribution in [3.63, 3.8) is 0 Å². The molecule has 0 atom stereocenters. The first-order valence-electron chi connectivity index (χ1n) is 8.75. The van der Waals surface area contributed by atoms with Crippen molar-refractivity contribution in [2.75, 3.05) is 11.9 Å². The molecule has 1 aliphatic heterocycles. The summed E-state index contributed by atoms with van der Waals surface area (Å²) in [6, 6.07) is 2.07. The zero-order valence-electron chi connectivity index (χ0n) is 14.8. The second-order valence-electron chi connectivity index (χ2n) is 6.44. The number of hydrogen-bond acceptors (Lipinski definition) is 7. The van der Waals surface area contributed by atoms with Crippen LogP contribution in [-0.2, 0) is 7.05 Å². The van der Waals surface area contributed by atoms with Crippen molar-refractivity contribution in [1.29, 1.82) is 0 Å². The summed E-state index contributed by atoms with van der Waals surface area (Å²) in [7, 11) is 1.90. The molecule has 8 nitrogen and oxygen atoms in total. The van der Waals surface area contributed by atoms with Crippen molar-refractivity contribution in [2.24, 2.45) is 7.05 Å². The molecular weight excluding hydrogens is 360 g/mol. The quantitative estimate of drug-likeness (QED) is 0.568. The van der Waals surface area contributed by atoms with Crippen LogP contribution in [0.5, 0.6) is 0 Å². The van der Waals surface area contributed by atoms with Gasteiger partial charge in [-0.25, -0.2) is 9.97 Å². The highest BCUT2D eigenvalue weighted by atomic mass is 32.1. The van der Waals surface area contributed by atoms with Gasteiger partial charge in [0, 0.05) is 50.0 Å². The number of hydrogen-bond donors (Lipinski definition) is 2. The third kappa shape index (κ3) is 2.95. The Balaban J connectivity index is 1.47. The molecule has 0 unspecified atom stereocenters. The molecule has 5 rings (SSSR count). The Bertz CT molecular complexity index is 1140. The maximum absolute atomic E-state index is 4.58. The molecule has 1 aliphatic rings. The molecule has 0 saturated heterocycles. The average Bonchev–Trinajstić information content (AvgIpc) is 3.42. The average molecular weight is 378 g/mol. The van der Waals surface area contributed by atoms with Gasteiger partial charge in [-0.05, 0) is 29.9 Å². The lowest BCUT2D eigenvalue weighted by Crippen LogP contribution is -2.13. The number of imidazole rings is 1. The number of rotatable bonds is 4. The standard InChI is InChI=1S/C18H18N8S/c1-25-11-13(9-22-25)15-10-21-18-17(20-5-6-26(15)18)23-16-7-14(24-27-16)12-3-2-4-19-8-12/h5-11,19H,2-4H2,1H3,(H,20,23). The minimum absolute atomic E-state index is 0.707. The minimum Gasteiger partial charge on any atom is -0.391 e. The van der Waals surface area contributed by atoms with Crippen molar-refractivity contribution in [2.45, 2.75) is 12.8 Å². The lowest BCUT2D eigenvalue weighted by atomic mass is 10.1. The van der Waals surface area contributed by atoms with Crippen LogP contribution in [0.1, 0.15) is 18.5 Å². The van der Waals surface area contributed by atoms with E-state index in [4.69, 9.17) is 0 Å². The van der Waals surface area contributed by atoms with Crippen molar-refractivity contribution < 1.29 is 0 Å². The molecule has 0 spiro atoms. The Morgan fingerprint density at radius 1 is 1.26 bits per heavy atom. The fourth-order valence-corrected chi connectivity index (χ4v) is 3.90. The maximum atomic E-state index is 4.58. The van der Waals surface area contributed by atoms with Crippen LogP contribution in [0.3, 0.4) is 0 Å². The Morgan fingerprint density at radius 2 is 2.22 bits per heavy atom. The summed E-state index contributed by atoms with van der Waals surface area (Å²) >= 11 is 1.43. The summed E-state index contributed by atoms with van der Waals surface area (Å²) in [5.74, 6) is 0.707. The summed E-state index contributed by atoms with van der Waals surface area (Å²) in [6.45, 7) is 1.03. The molecule has 0 fully saturated rings. The van der Waals surface area contributed by atoms with E-state index >= 15 is 0 Å². The van der Waals surface area contributed by atoms with Gasteiger partial charge in [-0.2, -0.15) is 9.47 Å².